The lowest BCUT2D eigenvalue weighted by Gasteiger charge is -2.28. The largest absolute Gasteiger partial charge is 0.756 e. The van der Waals surface area contributed by atoms with Crippen LogP contribution in [0.5, 0.6) is 0 Å². The van der Waals surface area contributed by atoms with Gasteiger partial charge in [0.2, 0.25) is 0 Å². The van der Waals surface area contributed by atoms with Crippen molar-refractivity contribution in [3.05, 3.63) is 85.1 Å². The van der Waals surface area contributed by atoms with Gasteiger partial charge in [-0.2, -0.15) is 0 Å². The molecule has 0 saturated heterocycles. The summed E-state index contributed by atoms with van der Waals surface area (Å²) in [7, 11) is 1.18. The van der Waals surface area contributed by atoms with Gasteiger partial charge in [0.15, 0.2) is 6.10 Å². The minimum absolute atomic E-state index is 0.0310. The van der Waals surface area contributed by atoms with Crippen molar-refractivity contribution < 1.29 is 42.1 Å². The molecule has 92 heavy (non-hydrogen) atoms. The first-order valence-electron chi connectivity index (χ1n) is 39.3. The predicted molar refractivity (Wildman–Crippen MR) is 397 cm³/mol. The van der Waals surface area contributed by atoms with Crippen LogP contribution in [-0.4, -0.2) is 70.0 Å². The molecule has 0 aliphatic carbocycles. The highest BCUT2D eigenvalue weighted by molar-refractivity contribution is 7.45. The zero-order chi connectivity index (χ0) is 66.9. The third kappa shape index (κ3) is 76.2. The molecule has 0 aromatic rings. The molecule has 0 aliphatic heterocycles. The maximum atomic E-state index is 12.9. The Hall–Kier alpha value is -2.81. The molecule has 9 nitrogen and oxygen atoms in total. The maximum Gasteiger partial charge on any atom is 0.306 e. The first kappa shape index (κ1) is 89.2. The summed E-state index contributed by atoms with van der Waals surface area (Å²) in [6.07, 6.45) is 99.9. The lowest BCUT2D eigenvalue weighted by atomic mass is 10.0. The standard InChI is InChI=1S/C82H150NO8P/c1-6-8-10-12-14-16-18-20-22-24-26-28-30-32-34-35-36-37-38-39-40-41-42-43-44-45-46-47-49-50-52-54-56-58-60-62-64-66-68-70-72-74-81(84)88-78-80(79-90-92(86,87)89-77-76-83(3,4)5)91-82(85)75-73-71-69-67-65-63-61-59-57-55-53-51-48-33-31-29-27-25-23-21-19-17-15-13-11-9-7-2/h9,11,15,17-18,20-21,23-24,26-27,29-30,32,80H,6-8,10,12-14,16,19,22,25,28,31,33-79H2,1-5H3/b11-9-,17-15-,20-18-,23-21-,26-24-,29-27-,32-30-. The number of phosphoric acid groups is 1. The fourth-order valence-corrected chi connectivity index (χ4v) is 12.2. The Morgan fingerprint density at radius 2 is 0.620 bits per heavy atom. The zero-order valence-electron chi connectivity index (χ0n) is 61.2. The van der Waals surface area contributed by atoms with E-state index in [4.69, 9.17) is 18.5 Å². The molecule has 0 bridgehead atoms. The lowest BCUT2D eigenvalue weighted by Crippen LogP contribution is -2.37. The number of nitrogens with zero attached hydrogens (tertiary/aromatic N) is 1. The molecule has 0 N–H and O–H groups in total. The molecule has 0 spiro atoms. The third-order valence-electron chi connectivity index (χ3n) is 17.4. The molecule has 0 rings (SSSR count). The van der Waals surface area contributed by atoms with Crippen molar-refractivity contribution in [2.45, 2.75) is 380 Å². The molecular formula is C82H150NO8P. The van der Waals surface area contributed by atoms with E-state index >= 15 is 0 Å². The Balaban J connectivity index is 3.90. The van der Waals surface area contributed by atoms with E-state index in [9.17, 15) is 19.0 Å². The number of carbonyl (C=O) groups is 2. The van der Waals surface area contributed by atoms with E-state index in [0.717, 1.165) is 77.0 Å². The Morgan fingerprint density at radius 3 is 0.924 bits per heavy atom. The molecule has 0 saturated carbocycles. The van der Waals surface area contributed by atoms with Crippen LogP contribution in [-0.2, 0) is 32.7 Å². The van der Waals surface area contributed by atoms with Gasteiger partial charge in [-0.05, 0) is 89.9 Å². The molecular weight excluding hydrogens is 1160 g/mol. The van der Waals surface area contributed by atoms with Gasteiger partial charge in [-0.25, -0.2) is 0 Å². The van der Waals surface area contributed by atoms with Crippen molar-refractivity contribution in [1.82, 2.24) is 0 Å². The highest BCUT2D eigenvalue weighted by Crippen LogP contribution is 2.38. The molecule has 2 atom stereocenters. The molecule has 0 aromatic heterocycles. The predicted octanol–water partition coefficient (Wildman–Crippen LogP) is 25.4. The fraction of sp³-hybridized carbons (Fsp3) is 0.805. The number of hydrogen-bond acceptors (Lipinski definition) is 8. The second kappa shape index (κ2) is 72.5. The number of hydrogen-bond donors (Lipinski definition) is 0. The van der Waals surface area contributed by atoms with Gasteiger partial charge < -0.3 is 27.9 Å². The molecule has 0 amide bonds. The monoisotopic (exact) mass is 1310 g/mol. The molecule has 536 valence electrons. The van der Waals surface area contributed by atoms with E-state index in [0.29, 0.717) is 17.4 Å². The van der Waals surface area contributed by atoms with Crippen LogP contribution in [0.15, 0.2) is 85.1 Å². The van der Waals surface area contributed by atoms with Crippen molar-refractivity contribution in [3.63, 3.8) is 0 Å². The van der Waals surface area contributed by atoms with E-state index in [1.54, 1.807) is 0 Å². The van der Waals surface area contributed by atoms with Gasteiger partial charge in [-0.15, -0.1) is 0 Å². The molecule has 10 heteroatoms. The van der Waals surface area contributed by atoms with Crippen molar-refractivity contribution in [1.29, 1.82) is 0 Å². The van der Waals surface area contributed by atoms with Crippen LogP contribution in [0.4, 0.5) is 0 Å². The summed E-state index contributed by atoms with van der Waals surface area (Å²) in [4.78, 5) is 38.1. The summed E-state index contributed by atoms with van der Waals surface area (Å²) in [5.74, 6) is -0.818. The van der Waals surface area contributed by atoms with E-state index in [-0.39, 0.29) is 32.0 Å². The van der Waals surface area contributed by atoms with Crippen LogP contribution in [0.2, 0.25) is 0 Å². The van der Waals surface area contributed by atoms with Crippen molar-refractivity contribution in [2.24, 2.45) is 0 Å². The van der Waals surface area contributed by atoms with Crippen LogP contribution >= 0.6 is 7.82 Å². The minimum atomic E-state index is -4.65. The summed E-state index contributed by atoms with van der Waals surface area (Å²) in [5.41, 5.74) is 0. The molecule has 0 radical (unpaired) electrons. The number of esters is 2. The Labute approximate surface area is 571 Å². The molecule has 0 aliphatic rings. The van der Waals surface area contributed by atoms with Gasteiger partial charge in [-0.1, -0.05) is 356 Å². The Morgan fingerprint density at radius 1 is 0.348 bits per heavy atom. The zero-order valence-corrected chi connectivity index (χ0v) is 62.1. The molecule has 2 unspecified atom stereocenters. The normalized spacial score (nSPS) is 13.5. The van der Waals surface area contributed by atoms with Gasteiger partial charge in [-0.3, -0.25) is 14.2 Å². The fourth-order valence-electron chi connectivity index (χ4n) is 11.4. The van der Waals surface area contributed by atoms with E-state index in [1.165, 1.54) is 263 Å². The van der Waals surface area contributed by atoms with Crippen LogP contribution in [0, 0.1) is 0 Å². The summed E-state index contributed by atoms with van der Waals surface area (Å²) < 4.78 is 34.4. The summed E-state index contributed by atoms with van der Waals surface area (Å²) >= 11 is 0. The number of rotatable bonds is 73. The average molecular weight is 1310 g/mol. The number of quaternary nitrogens is 1. The van der Waals surface area contributed by atoms with Crippen LogP contribution in [0.25, 0.3) is 0 Å². The average Bonchev–Trinajstić information content (AvgIpc) is 2.14. The first-order chi connectivity index (χ1) is 45.0. The van der Waals surface area contributed by atoms with Gasteiger partial charge in [0.05, 0.1) is 27.7 Å². The van der Waals surface area contributed by atoms with Crippen LogP contribution in [0.1, 0.15) is 373 Å². The first-order valence-corrected chi connectivity index (χ1v) is 40.8. The SMILES string of the molecule is CC/C=C\C/C=C\C/C=C\C/C=C\CCCCCCCCCCCCCCCCC(=O)OC(COC(=O)CCCCCCCCCCCCCCCCCCCCCCCCCCCC/C=C\C/C=C\C/C=C\CCCCCCC)COP(=O)([O-])OCC[N+](C)(C)C. The second-order valence-electron chi connectivity index (χ2n) is 27.7. The number of carbonyl (C=O) groups excluding carboxylic acids is 2. The van der Waals surface area contributed by atoms with Gasteiger partial charge in [0.1, 0.15) is 19.8 Å². The minimum Gasteiger partial charge on any atom is -0.756 e. The number of likely N-dealkylation sites (N-methyl/N-ethyl adjacent to an activating group) is 1. The van der Waals surface area contributed by atoms with Crippen molar-refractivity contribution in [2.75, 3.05) is 47.5 Å². The van der Waals surface area contributed by atoms with Crippen molar-refractivity contribution in [3.8, 4) is 0 Å². The molecule has 0 fully saturated rings. The molecule has 0 heterocycles. The smallest absolute Gasteiger partial charge is 0.306 e. The van der Waals surface area contributed by atoms with Gasteiger partial charge in [0, 0.05) is 12.8 Å². The van der Waals surface area contributed by atoms with E-state index in [1.807, 2.05) is 21.1 Å². The lowest BCUT2D eigenvalue weighted by molar-refractivity contribution is -0.870. The number of phosphoric ester groups is 1. The highest BCUT2D eigenvalue weighted by atomic mass is 31.2. The topological polar surface area (TPSA) is 111 Å². The maximum absolute atomic E-state index is 12.9. The van der Waals surface area contributed by atoms with Crippen LogP contribution in [0.3, 0.4) is 0 Å². The number of allylic oxidation sites excluding steroid dienone is 14. The number of unbranched alkanes of at least 4 members (excludes halogenated alkanes) is 45. The summed E-state index contributed by atoms with van der Waals surface area (Å²) in [6, 6.07) is 0. The van der Waals surface area contributed by atoms with Crippen molar-refractivity contribution >= 4 is 19.8 Å². The van der Waals surface area contributed by atoms with E-state index < -0.39 is 26.5 Å². The van der Waals surface area contributed by atoms with Gasteiger partial charge in [0.25, 0.3) is 7.82 Å². The second-order valence-corrected chi connectivity index (χ2v) is 29.1. The van der Waals surface area contributed by atoms with Crippen LogP contribution < -0.4 is 4.89 Å². The Bertz CT molecular complexity index is 1830. The summed E-state index contributed by atoms with van der Waals surface area (Å²) in [5, 5.41) is 0. The Kier molecular flexibility index (Phi) is 70.2. The van der Waals surface area contributed by atoms with Gasteiger partial charge >= 0.3 is 11.9 Å². The van der Waals surface area contributed by atoms with E-state index in [2.05, 4.69) is 98.9 Å². The number of ether oxygens (including phenoxy) is 2. The molecule has 0 aromatic carbocycles. The summed E-state index contributed by atoms with van der Waals surface area (Å²) in [6.45, 7) is 4.17. The highest BCUT2D eigenvalue weighted by Gasteiger charge is 2.22. The quantitative estimate of drug-likeness (QED) is 0.0195. The third-order valence-corrected chi connectivity index (χ3v) is 18.4.